The van der Waals surface area contributed by atoms with Crippen molar-refractivity contribution in [3.8, 4) is 11.5 Å². The number of phenols is 2. The molecular formula is C36H46O6. The van der Waals surface area contributed by atoms with E-state index in [1.807, 2.05) is 30.3 Å². The minimum absolute atomic E-state index is 0.0853. The van der Waals surface area contributed by atoms with Crippen LogP contribution in [-0.4, -0.2) is 34.4 Å². The van der Waals surface area contributed by atoms with Gasteiger partial charge in [-0.3, -0.25) is 0 Å². The minimum atomic E-state index is -0.451. The largest absolute Gasteiger partial charge is 0.508 e. The molecule has 0 bridgehead atoms. The Hall–Kier alpha value is -3.80. The van der Waals surface area contributed by atoms with Gasteiger partial charge in [-0.1, -0.05) is 88.6 Å². The number of carbonyl (C=O) groups excluding carboxylic acids is 2. The van der Waals surface area contributed by atoms with Gasteiger partial charge in [0.25, 0.3) is 0 Å². The van der Waals surface area contributed by atoms with Crippen LogP contribution in [0.5, 0.6) is 11.5 Å². The van der Waals surface area contributed by atoms with E-state index in [9.17, 15) is 19.8 Å². The Morgan fingerprint density at radius 2 is 1.02 bits per heavy atom. The number of hydrogen-bond acceptors (Lipinski definition) is 6. The Bertz CT molecular complexity index is 1170. The zero-order valence-electron chi connectivity index (χ0n) is 24.9. The summed E-state index contributed by atoms with van der Waals surface area (Å²) in [4.78, 5) is 25.9. The van der Waals surface area contributed by atoms with Crippen LogP contribution in [0.15, 0.2) is 78.9 Å². The van der Waals surface area contributed by atoms with Crippen LogP contribution in [0.25, 0.3) is 0 Å². The number of hydrogen-bond donors (Lipinski definition) is 2. The van der Waals surface area contributed by atoms with E-state index in [0.29, 0.717) is 30.4 Å². The minimum Gasteiger partial charge on any atom is -0.508 e. The number of phenolic OH excluding ortho intramolecular Hbond substituents is 2. The molecule has 0 fully saturated rings. The Morgan fingerprint density at radius 3 is 1.55 bits per heavy atom. The maximum atomic E-state index is 12.9. The number of unbranched alkanes of at least 4 members (excludes halogenated alkanes) is 8. The van der Waals surface area contributed by atoms with Gasteiger partial charge in [-0.05, 0) is 79.8 Å². The molecule has 0 heterocycles. The first-order valence-electron chi connectivity index (χ1n) is 15.5. The zero-order chi connectivity index (χ0) is 30.0. The highest BCUT2D eigenvalue weighted by atomic mass is 16.5. The molecule has 0 radical (unpaired) electrons. The SMILES string of the molecule is CCCCCCCCCCCC(CCC(Cc1ccccc1)OC(=O)c1ccc(O)cc1)OC(=O)c1ccc(O)cc1. The fourth-order valence-electron chi connectivity index (χ4n) is 5.03. The summed E-state index contributed by atoms with van der Waals surface area (Å²) in [5, 5.41) is 19.2. The quantitative estimate of drug-likeness (QED) is 0.110. The number of rotatable bonds is 19. The normalized spacial score (nSPS) is 12.4. The molecule has 0 aromatic heterocycles. The third-order valence-corrected chi connectivity index (χ3v) is 7.50. The van der Waals surface area contributed by atoms with Crippen molar-refractivity contribution < 1.29 is 29.3 Å². The zero-order valence-corrected chi connectivity index (χ0v) is 24.9. The van der Waals surface area contributed by atoms with E-state index in [-0.39, 0.29) is 17.6 Å². The van der Waals surface area contributed by atoms with Crippen molar-refractivity contribution in [1.29, 1.82) is 0 Å². The topological polar surface area (TPSA) is 93.1 Å². The van der Waals surface area contributed by atoms with Gasteiger partial charge in [0.1, 0.15) is 23.7 Å². The molecule has 226 valence electrons. The van der Waals surface area contributed by atoms with Gasteiger partial charge in [0.2, 0.25) is 0 Å². The molecule has 6 nitrogen and oxygen atoms in total. The maximum Gasteiger partial charge on any atom is 0.338 e. The van der Waals surface area contributed by atoms with Gasteiger partial charge in [-0.25, -0.2) is 9.59 Å². The highest BCUT2D eigenvalue weighted by Crippen LogP contribution is 2.22. The van der Waals surface area contributed by atoms with Crippen molar-refractivity contribution in [2.45, 2.75) is 103 Å². The van der Waals surface area contributed by atoms with Gasteiger partial charge in [-0.15, -0.1) is 0 Å². The molecule has 0 aliphatic heterocycles. The summed E-state index contributed by atoms with van der Waals surface area (Å²) < 4.78 is 11.9. The van der Waals surface area contributed by atoms with Gasteiger partial charge in [-0.2, -0.15) is 0 Å². The summed E-state index contributed by atoms with van der Waals surface area (Å²) in [6.45, 7) is 2.23. The van der Waals surface area contributed by atoms with Crippen molar-refractivity contribution >= 4 is 11.9 Å². The van der Waals surface area contributed by atoms with Crippen LogP contribution in [0.2, 0.25) is 0 Å². The molecule has 0 spiro atoms. The first-order chi connectivity index (χ1) is 20.4. The number of carbonyl (C=O) groups is 2. The van der Waals surface area contributed by atoms with E-state index < -0.39 is 18.0 Å². The first kappa shape index (κ1) is 32.7. The average molecular weight is 575 g/mol. The van der Waals surface area contributed by atoms with Crippen molar-refractivity contribution in [3.63, 3.8) is 0 Å². The van der Waals surface area contributed by atoms with Gasteiger partial charge in [0, 0.05) is 6.42 Å². The molecule has 0 saturated carbocycles. The second-order valence-electron chi connectivity index (χ2n) is 11.0. The summed E-state index contributed by atoms with van der Waals surface area (Å²) in [5.41, 5.74) is 1.82. The molecule has 0 aliphatic rings. The van der Waals surface area contributed by atoms with Gasteiger partial charge < -0.3 is 19.7 Å². The van der Waals surface area contributed by atoms with Crippen LogP contribution in [0.1, 0.15) is 110 Å². The van der Waals surface area contributed by atoms with Gasteiger partial charge >= 0.3 is 11.9 Å². The van der Waals surface area contributed by atoms with E-state index in [2.05, 4.69) is 6.92 Å². The Balaban J connectivity index is 1.62. The van der Waals surface area contributed by atoms with E-state index in [4.69, 9.17) is 9.47 Å². The second kappa shape index (κ2) is 18.6. The fourth-order valence-corrected chi connectivity index (χ4v) is 5.03. The summed E-state index contributed by atoms with van der Waals surface area (Å²) in [5.74, 6) is -0.691. The number of esters is 2. The number of benzene rings is 3. The van der Waals surface area contributed by atoms with Crippen LogP contribution >= 0.6 is 0 Å². The summed E-state index contributed by atoms with van der Waals surface area (Å²) in [6.07, 6.45) is 12.5. The third-order valence-electron chi connectivity index (χ3n) is 7.50. The van der Waals surface area contributed by atoms with Crippen molar-refractivity contribution in [3.05, 3.63) is 95.6 Å². The summed E-state index contributed by atoms with van der Waals surface area (Å²) in [7, 11) is 0. The molecule has 0 amide bonds. The molecule has 2 atom stereocenters. The monoisotopic (exact) mass is 574 g/mol. The third kappa shape index (κ3) is 12.4. The van der Waals surface area contributed by atoms with Crippen molar-refractivity contribution in [2.75, 3.05) is 0 Å². The van der Waals surface area contributed by atoms with Crippen LogP contribution in [0.3, 0.4) is 0 Å². The average Bonchev–Trinajstić information content (AvgIpc) is 2.99. The van der Waals surface area contributed by atoms with Crippen LogP contribution in [-0.2, 0) is 15.9 Å². The van der Waals surface area contributed by atoms with E-state index in [1.54, 1.807) is 24.3 Å². The number of ether oxygens (including phenoxy) is 2. The van der Waals surface area contributed by atoms with E-state index >= 15 is 0 Å². The standard InChI is InChI=1S/C36H46O6/c1-2-3-4-5-6-7-8-9-13-16-33(41-35(39)29-17-21-31(37)22-18-29)25-26-34(27-28-14-11-10-12-15-28)42-36(40)30-19-23-32(38)24-20-30/h10-12,14-15,17-24,33-34,37-38H,2-9,13,16,25-27H2,1H3. The second-order valence-corrected chi connectivity index (χ2v) is 11.0. The first-order valence-corrected chi connectivity index (χ1v) is 15.5. The molecule has 0 aliphatic carbocycles. The Labute approximate surface area is 250 Å². The maximum absolute atomic E-state index is 12.9. The molecule has 2 unspecified atom stereocenters. The Kier molecular flexibility index (Phi) is 14.5. The molecule has 2 N–H and O–H groups in total. The molecule has 3 aromatic rings. The highest BCUT2D eigenvalue weighted by Gasteiger charge is 2.22. The van der Waals surface area contributed by atoms with Gasteiger partial charge in [0.15, 0.2) is 0 Å². The van der Waals surface area contributed by atoms with E-state index in [0.717, 1.165) is 24.8 Å². The fraction of sp³-hybridized carbons (Fsp3) is 0.444. The molecular weight excluding hydrogens is 528 g/mol. The van der Waals surface area contributed by atoms with Gasteiger partial charge in [0.05, 0.1) is 11.1 Å². The molecule has 3 aromatic carbocycles. The molecule has 0 saturated heterocycles. The van der Waals surface area contributed by atoms with Crippen LogP contribution in [0, 0.1) is 0 Å². The molecule has 42 heavy (non-hydrogen) atoms. The molecule has 6 heteroatoms. The summed E-state index contributed by atoms with van der Waals surface area (Å²) >= 11 is 0. The van der Waals surface area contributed by atoms with Crippen LogP contribution < -0.4 is 0 Å². The highest BCUT2D eigenvalue weighted by molar-refractivity contribution is 5.90. The van der Waals surface area contributed by atoms with Crippen LogP contribution in [0.4, 0.5) is 0 Å². The van der Waals surface area contributed by atoms with Crippen molar-refractivity contribution in [2.24, 2.45) is 0 Å². The summed E-state index contributed by atoms with van der Waals surface area (Å²) in [6, 6.07) is 22.0. The van der Waals surface area contributed by atoms with Crippen molar-refractivity contribution in [1.82, 2.24) is 0 Å². The Morgan fingerprint density at radius 1 is 0.571 bits per heavy atom. The number of aromatic hydroxyl groups is 2. The lowest BCUT2D eigenvalue weighted by Crippen LogP contribution is -2.25. The lowest BCUT2D eigenvalue weighted by Gasteiger charge is -2.23. The molecule has 3 rings (SSSR count). The lowest BCUT2D eigenvalue weighted by atomic mass is 9.99. The smallest absolute Gasteiger partial charge is 0.338 e. The predicted octanol–water partition coefficient (Wildman–Crippen LogP) is 8.79. The predicted molar refractivity (Wildman–Crippen MR) is 166 cm³/mol. The van der Waals surface area contributed by atoms with E-state index in [1.165, 1.54) is 69.2 Å². The lowest BCUT2D eigenvalue weighted by molar-refractivity contribution is 0.0110.